The molecular weight excluding hydrogens is 210 g/mol. The number of hydrogen-bond acceptors (Lipinski definition) is 2. The van der Waals surface area contributed by atoms with E-state index in [2.05, 4.69) is 4.98 Å². The van der Waals surface area contributed by atoms with Gasteiger partial charge in [-0.1, -0.05) is 0 Å². The fraction of sp³-hybridized carbons (Fsp3) is 0.333. The van der Waals surface area contributed by atoms with Crippen LogP contribution in [0, 0.1) is 18.3 Å². The van der Waals surface area contributed by atoms with Crippen molar-refractivity contribution >= 4 is 11.6 Å². The summed E-state index contributed by atoms with van der Waals surface area (Å²) in [5.41, 5.74) is 0.676. The van der Waals surface area contributed by atoms with Gasteiger partial charge in [-0.3, -0.25) is 0 Å². The molecule has 0 amide bonds. The Morgan fingerprint density at radius 1 is 1.64 bits per heavy atom. The Morgan fingerprint density at radius 3 is 2.71 bits per heavy atom. The van der Waals surface area contributed by atoms with E-state index in [1.54, 1.807) is 6.92 Å². The van der Waals surface area contributed by atoms with Crippen molar-refractivity contribution in [3.63, 3.8) is 0 Å². The van der Waals surface area contributed by atoms with Gasteiger partial charge in [-0.2, -0.15) is 5.26 Å². The monoisotopic (exact) mass is 216 g/mol. The lowest BCUT2D eigenvalue weighted by Gasteiger charge is -2.09. The van der Waals surface area contributed by atoms with Crippen molar-refractivity contribution in [1.82, 2.24) is 4.98 Å². The van der Waals surface area contributed by atoms with Crippen LogP contribution >= 0.6 is 11.6 Å². The summed E-state index contributed by atoms with van der Waals surface area (Å²) in [6, 6.07) is 1.82. The van der Waals surface area contributed by atoms with Gasteiger partial charge in [0.15, 0.2) is 0 Å². The molecule has 0 bridgehead atoms. The van der Waals surface area contributed by atoms with Crippen molar-refractivity contribution in [2.24, 2.45) is 0 Å². The minimum absolute atomic E-state index is 0.0390. The van der Waals surface area contributed by atoms with Gasteiger partial charge in [-0.15, -0.1) is 11.6 Å². The van der Waals surface area contributed by atoms with E-state index in [1.807, 2.05) is 6.07 Å². The molecule has 1 aromatic rings. The van der Waals surface area contributed by atoms with E-state index in [0.717, 1.165) is 6.20 Å². The first-order valence-corrected chi connectivity index (χ1v) is 4.37. The maximum Gasteiger partial charge on any atom is 0.265 e. The first-order valence-electron chi connectivity index (χ1n) is 3.84. The first kappa shape index (κ1) is 10.9. The van der Waals surface area contributed by atoms with Crippen molar-refractivity contribution in [1.29, 1.82) is 5.26 Å². The minimum Gasteiger partial charge on any atom is -0.245 e. The van der Waals surface area contributed by atoms with Gasteiger partial charge in [0.2, 0.25) is 0 Å². The molecule has 5 heteroatoms. The summed E-state index contributed by atoms with van der Waals surface area (Å²) in [5.74, 6) is -0.0390. The van der Waals surface area contributed by atoms with Gasteiger partial charge >= 0.3 is 0 Å². The molecule has 0 radical (unpaired) electrons. The Labute approximate surface area is 85.1 Å². The van der Waals surface area contributed by atoms with E-state index in [4.69, 9.17) is 16.9 Å². The zero-order chi connectivity index (χ0) is 10.7. The first-order chi connectivity index (χ1) is 6.61. The second-order valence-corrected chi connectivity index (χ2v) is 2.98. The van der Waals surface area contributed by atoms with Crippen LogP contribution in [0.4, 0.5) is 8.78 Å². The summed E-state index contributed by atoms with van der Waals surface area (Å²) >= 11 is 5.54. The average molecular weight is 217 g/mol. The van der Waals surface area contributed by atoms with Crippen molar-refractivity contribution in [2.75, 3.05) is 0 Å². The van der Waals surface area contributed by atoms with Gasteiger partial charge in [0, 0.05) is 17.6 Å². The maximum atomic E-state index is 12.4. The molecule has 0 spiro atoms. The molecule has 14 heavy (non-hydrogen) atoms. The number of aromatic nitrogens is 1. The standard InChI is InChI=1S/C9H7ClF2N2/c1-5-6(2-10)7(9(11)12)4-14-8(5)3-13/h4,9H,2H2,1H3. The van der Waals surface area contributed by atoms with Crippen molar-refractivity contribution in [3.05, 3.63) is 28.6 Å². The molecule has 2 nitrogen and oxygen atoms in total. The molecule has 0 aliphatic heterocycles. The minimum atomic E-state index is -2.61. The van der Waals surface area contributed by atoms with E-state index in [1.165, 1.54) is 0 Å². The zero-order valence-corrected chi connectivity index (χ0v) is 8.15. The Morgan fingerprint density at radius 2 is 2.29 bits per heavy atom. The Bertz CT molecular complexity index is 385. The van der Waals surface area contributed by atoms with Crippen LogP contribution in [0.1, 0.15) is 28.8 Å². The Hall–Kier alpha value is -1.21. The second-order valence-electron chi connectivity index (χ2n) is 2.71. The number of rotatable bonds is 2. The molecular formula is C9H7ClF2N2. The number of halogens is 3. The van der Waals surface area contributed by atoms with Crippen LogP contribution in [0.5, 0.6) is 0 Å². The molecule has 0 aliphatic carbocycles. The largest absolute Gasteiger partial charge is 0.265 e. The van der Waals surface area contributed by atoms with Crippen LogP contribution < -0.4 is 0 Å². The average Bonchev–Trinajstić information content (AvgIpc) is 2.17. The van der Waals surface area contributed by atoms with Gasteiger partial charge in [0.1, 0.15) is 11.8 Å². The van der Waals surface area contributed by atoms with E-state index in [0.29, 0.717) is 11.1 Å². The lowest BCUT2D eigenvalue weighted by molar-refractivity contribution is 0.150. The van der Waals surface area contributed by atoms with E-state index >= 15 is 0 Å². The van der Waals surface area contributed by atoms with Crippen molar-refractivity contribution in [3.8, 4) is 6.07 Å². The number of nitriles is 1. The third-order valence-corrected chi connectivity index (χ3v) is 2.23. The fourth-order valence-corrected chi connectivity index (χ4v) is 1.50. The molecule has 0 aliphatic rings. The third-order valence-electron chi connectivity index (χ3n) is 1.96. The summed E-state index contributed by atoms with van der Waals surface area (Å²) in [4.78, 5) is 3.63. The Balaban J connectivity index is 3.38. The molecule has 0 saturated heterocycles. The highest BCUT2D eigenvalue weighted by molar-refractivity contribution is 6.17. The third kappa shape index (κ3) is 1.83. The number of nitrogens with zero attached hydrogens (tertiary/aromatic N) is 2. The van der Waals surface area contributed by atoms with E-state index in [-0.39, 0.29) is 17.1 Å². The van der Waals surface area contributed by atoms with Crippen molar-refractivity contribution in [2.45, 2.75) is 19.2 Å². The summed E-state index contributed by atoms with van der Waals surface area (Å²) in [5, 5.41) is 8.62. The lowest BCUT2D eigenvalue weighted by Crippen LogP contribution is -2.01. The molecule has 0 fully saturated rings. The highest BCUT2D eigenvalue weighted by atomic mass is 35.5. The highest BCUT2D eigenvalue weighted by Gasteiger charge is 2.17. The zero-order valence-electron chi connectivity index (χ0n) is 7.39. The van der Waals surface area contributed by atoms with Gasteiger partial charge in [-0.25, -0.2) is 13.8 Å². The van der Waals surface area contributed by atoms with Crippen LogP contribution in [-0.4, -0.2) is 4.98 Å². The Kier molecular flexibility index (Phi) is 3.37. The van der Waals surface area contributed by atoms with Gasteiger partial charge in [0.05, 0.1) is 0 Å². The molecule has 0 saturated carbocycles. The van der Waals surface area contributed by atoms with Crippen LogP contribution in [0.25, 0.3) is 0 Å². The SMILES string of the molecule is Cc1c(C#N)ncc(C(F)F)c1CCl. The van der Waals surface area contributed by atoms with E-state index < -0.39 is 6.43 Å². The van der Waals surface area contributed by atoms with Crippen LogP contribution in [0.15, 0.2) is 6.20 Å². The highest BCUT2D eigenvalue weighted by Crippen LogP contribution is 2.26. The van der Waals surface area contributed by atoms with Gasteiger partial charge in [0.25, 0.3) is 6.43 Å². The number of pyridine rings is 1. The number of hydrogen-bond donors (Lipinski definition) is 0. The molecule has 0 N–H and O–H groups in total. The van der Waals surface area contributed by atoms with Crippen molar-refractivity contribution < 1.29 is 8.78 Å². The summed E-state index contributed by atoms with van der Waals surface area (Å²) in [6.07, 6.45) is -1.60. The smallest absolute Gasteiger partial charge is 0.245 e. The fourth-order valence-electron chi connectivity index (χ4n) is 1.15. The van der Waals surface area contributed by atoms with Crippen LogP contribution in [-0.2, 0) is 5.88 Å². The normalized spacial score (nSPS) is 10.3. The molecule has 1 heterocycles. The molecule has 1 aromatic heterocycles. The molecule has 1 rings (SSSR count). The van der Waals surface area contributed by atoms with Gasteiger partial charge in [-0.05, 0) is 18.1 Å². The topological polar surface area (TPSA) is 36.7 Å². The predicted molar refractivity (Wildman–Crippen MR) is 48.2 cm³/mol. The molecule has 0 aromatic carbocycles. The molecule has 74 valence electrons. The summed E-state index contributed by atoms with van der Waals surface area (Å²) < 4.78 is 24.9. The van der Waals surface area contributed by atoms with Crippen LogP contribution in [0.2, 0.25) is 0 Å². The second kappa shape index (κ2) is 4.34. The molecule has 0 unspecified atom stereocenters. The van der Waals surface area contributed by atoms with Crippen LogP contribution in [0.3, 0.4) is 0 Å². The van der Waals surface area contributed by atoms with E-state index in [9.17, 15) is 8.78 Å². The summed E-state index contributed by atoms with van der Waals surface area (Å²) in [7, 11) is 0. The lowest BCUT2D eigenvalue weighted by atomic mass is 10.0. The number of alkyl halides is 3. The predicted octanol–water partition coefficient (Wildman–Crippen LogP) is 2.94. The summed E-state index contributed by atoms with van der Waals surface area (Å²) in [6.45, 7) is 1.56. The quantitative estimate of drug-likeness (QED) is 0.713. The van der Waals surface area contributed by atoms with Gasteiger partial charge < -0.3 is 0 Å². The molecule has 0 atom stereocenters. The maximum absolute atomic E-state index is 12.4.